The Bertz CT molecular complexity index is 979. The second kappa shape index (κ2) is 8.22. The molecule has 2 rings (SSSR count). The molecule has 0 unspecified atom stereocenters. The van der Waals surface area contributed by atoms with E-state index in [0.29, 0.717) is 5.02 Å². The largest absolute Gasteiger partial charge is 0.452 e. The lowest BCUT2D eigenvalue weighted by molar-refractivity contribution is -0.119. The summed E-state index contributed by atoms with van der Waals surface area (Å²) in [5.74, 6) is -1.61. The van der Waals surface area contributed by atoms with Crippen LogP contribution in [0.1, 0.15) is 10.4 Å². The minimum absolute atomic E-state index is 0.00906. The number of halogens is 3. The van der Waals surface area contributed by atoms with Gasteiger partial charge in [-0.05, 0) is 24.3 Å². The molecule has 0 aliphatic heterocycles. The third-order valence-corrected chi connectivity index (χ3v) is 4.92. The summed E-state index contributed by atoms with van der Waals surface area (Å²) in [6.45, 7) is -0.654. The maximum atomic E-state index is 12.1. The molecule has 1 aromatic carbocycles. The zero-order chi connectivity index (χ0) is 19.5. The Morgan fingerprint density at radius 3 is 2.46 bits per heavy atom. The zero-order valence-electron chi connectivity index (χ0n) is 13.1. The number of nitrogens with zero attached hydrogens (tertiary/aromatic N) is 1. The molecule has 1 amide bonds. The molecule has 2 aromatic rings. The molecule has 26 heavy (non-hydrogen) atoms. The standard InChI is InChI=1S/C15H11Cl3N2O5S/c1-26(23,24)9-2-3-11(17)10(5-9)15(22)25-7-13(21)20-14-12(18)4-8(16)6-19-14/h2-6H,7H2,1H3,(H,19,20,21). The zero-order valence-corrected chi connectivity index (χ0v) is 16.2. The second-order valence-electron chi connectivity index (χ2n) is 5.02. The minimum Gasteiger partial charge on any atom is -0.452 e. The van der Waals surface area contributed by atoms with Crippen molar-refractivity contribution in [1.82, 2.24) is 4.98 Å². The van der Waals surface area contributed by atoms with Crippen molar-refractivity contribution < 1.29 is 22.7 Å². The monoisotopic (exact) mass is 436 g/mol. The average Bonchev–Trinajstić information content (AvgIpc) is 2.54. The number of nitrogens with one attached hydrogen (secondary N) is 1. The third-order valence-electron chi connectivity index (χ3n) is 2.99. The highest BCUT2D eigenvalue weighted by molar-refractivity contribution is 7.90. The molecule has 0 atom stereocenters. The van der Waals surface area contributed by atoms with Crippen molar-refractivity contribution in [3.8, 4) is 0 Å². The van der Waals surface area contributed by atoms with E-state index >= 15 is 0 Å². The van der Waals surface area contributed by atoms with Crippen LogP contribution in [0.15, 0.2) is 35.4 Å². The first-order valence-corrected chi connectivity index (χ1v) is 9.88. The molecule has 0 aliphatic rings. The number of hydrogen-bond acceptors (Lipinski definition) is 6. The Balaban J connectivity index is 2.05. The van der Waals surface area contributed by atoms with Crippen molar-refractivity contribution in [1.29, 1.82) is 0 Å². The van der Waals surface area contributed by atoms with Gasteiger partial charge in [0.25, 0.3) is 5.91 Å². The summed E-state index contributed by atoms with van der Waals surface area (Å²) < 4.78 is 28.0. The van der Waals surface area contributed by atoms with Gasteiger partial charge in [0.15, 0.2) is 22.3 Å². The Hall–Kier alpha value is -1.87. The highest BCUT2D eigenvalue weighted by Gasteiger charge is 2.18. The number of hydrogen-bond donors (Lipinski definition) is 1. The molecule has 138 valence electrons. The average molecular weight is 438 g/mol. The lowest BCUT2D eigenvalue weighted by atomic mass is 10.2. The molecule has 1 N–H and O–H groups in total. The van der Waals surface area contributed by atoms with Gasteiger partial charge in [-0.15, -0.1) is 0 Å². The smallest absolute Gasteiger partial charge is 0.340 e. The van der Waals surface area contributed by atoms with E-state index < -0.39 is 28.3 Å². The van der Waals surface area contributed by atoms with E-state index in [1.54, 1.807) is 0 Å². The van der Waals surface area contributed by atoms with E-state index in [1.807, 2.05) is 0 Å². The quantitative estimate of drug-likeness (QED) is 0.720. The SMILES string of the molecule is CS(=O)(=O)c1ccc(Cl)c(C(=O)OCC(=O)Nc2ncc(Cl)cc2Cl)c1. The molecule has 0 saturated carbocycles. The van der Waals surface area contributed by atoms with Gasteiger partial charge in [-0.2, -0.15) is 0 Å². The van der Waals surface area contributed by atoms with Crippen LogP contribution in [0.5, 0.6) is 0 Å². The molecular weight excluding hydrogens is 427 g/mol. The van der Waals surface area contributed by atoms with Crippen LogP contribution in [0.2, 0.25) is 15.1 Å². The number of carbonyl (C=O) groups is 2. The Kier molecular flexibility index (Phi) is 6.46. The molecule has 0 fully saturated rings. The number of pyridine rings is 1. The van der Waals surface area contributed by atoms with Crippen LogP contribution in [0.4, 0.5) is 5.82 Å². The van der Waals surface area contributed by atoms with E-state index in [2.05, 4.69) is 10.3 Å². The second-order valence-corrected chi connectivity index (χ2v) is 8.29. The molecule has 0 radical (unpaired) electrons. The van der Waals surface area contributed by atoms with Crippen LogP contribution in [0.3, 0.4) is 0 Å². The fraction of sp³-hybridized carbons (Fsp3) is 0.133. The van der Waals surface area contributed by atoms with E-state index in [-0.39, 0.29) is 26.3 Å². The summed E-state index contributed by atoms with van der Waals surface area (Å²) in [7, 11) is -3.54. The summed E-state index contributed by atoms with van der Waals surface area (Å²) in [6, 6.07) is 4.98. The molecule has 1 heterocycles. The van der Waals surface area contributed by atoms with Gasteiger partial charge in [0.2, 0.25) is 0 Å². The van der Waals surface area contributed by atoms with Gasteiger partial charge in [-0.25, -0.2) is 18.2 Å². The number of carbonyl (C=O) groups excluding carboxylic acids is 2. The minimum atomic E-state index is -3.54. The maximum absolute atomic E-state index is 12.1. The molecule has 0 bridgehead atoms. The van der Waals surface area contributed by atoms with Crippen molar-refractivity contribution in [2.24, 2.45) is 0 Å². The van der Waals surface area contributed by atoms with Crippen molar-refractivity contribution in [2.75, 3.05) is 18.2 Å². The number of aromatic nitrogens is 1. The van der Waals surface area contributed by atoms with Crippen molar-refractivity contribution in [3.05, 3.63) is 51.1 Å². The normalized spacial score (nSPS) is 11.1. The summed E-state index contributed by atoms with van der Waals surface area (Å²) in [5, 5.41) is 2.74. The van der Waals surface area contributed by atoms with Gasteiger partial charge in [0, 0.05) is 12.5 Å². The Morgan fingerprint density at radius 2 is 1.85 bits per heavy atom. The van der Waals surface area contributed by atoms with Gasteiger partial charge in [0.05, 0.1) is 25.5 Å². The number of anilines is 1. The first kappa shape index (κ1) is 20.4. The Morgan fingerprint density at radius 1 is 1.15 bits per heavy atom. The molecule has 7 nitrogen and oxygen atoms in total. The Labute approximate surface area is 164 Å². The lowest BCUT2D eigenvalue weighted by Gasteiger charge is -2.09. The van der Waals surface area contributed by atoms with E-state index in [9.17, 15) is 18.0 Å². The van der Waals surface area contributed by atoms with Crippen LogP contribution in [-0.2, 0) is 19.4 Å². The van der Waals surface area contributed by atoms with Gasteiger partial charge in [-0.3, -0.25) is 4.79 Å². The fourth-order valence-electron chi connectivity index (χ4n) is 1.77. The van der Waals surface area contributed by atoms with Gasteiger partial charge in [0.1, 0.15) is 0 Å². The van der Waals surface area contributed by atoms with Crippen LogP contribution >= 0.6 is 34.8 Å². The topological polar surface area (TPSA) is 102 Å². The fourth-order valence-corrected chi connectivity index (χ4v) is 3.04. The summed E-state index contributed by atoms with van der Waals surface area (Å²) in [6.07, 6.45) is 2.27. The summed E-state index contributed by atoms with van der Waals surface area (Å²) >= 11 is 17.5. The van der Waals surface area contributed by atoms with E-state index in [0.717, 1.165) is 12.3 Å². The number of rotatable bonds is 5. The predicted molar refractivity (Wildman–Crippen MR) is 97.7 cm³/mol. The lowest BCUT2D eigenvalue weighted by Crippen LogP contribution is -2.22. The number of amides is 1. The number of ether oxygens (including phenoxy) is 1. The third kappa shape index (κ3) is 5.31. The number of sulfone groups is 1. The number of benzene rings is 1. The van der Waals surface area contributed by atoms with Gasteiger partial charge in [-0.1, -0.05) is 34.8 Å². The first-order valence-electron chi connectivity index (χ1n) is 6.85. The van der Waals surface area contributed by atoms with Gasteiger partial charge < -0.3 is 10.1 Å². The van der Waals surface area contributed by atoms with Crippen LogP contribution in [0.25, 0.3) is 0 Å². The molecule has 11 heteroatoms. The van der Waals surface area contributed by atoms with E-state index in [4.69, 9.17) is 39.5 Å². The summed E-state index contributed by atoms with van der Waals surface area (Å²) in [5.41, 5.74) is -0.176. The molecular formula is C15H11Cl3N2O5S. The van der Waals surface area contributed by atoms with Crippen LogP contribution < -0.4 is 5.32 Å². The number of esters is 1. The molecule has 0 saturated heterocycles. The van der Waals surface area contributed by atoms with Crippen molar-refractivity contribution >= 4 is 62.3 Å². The maximum Gasteiger partial charge on any atom is 0.340 e. The van der Waals surface area contributed by atoms with Crippen molar-refractivity contribution in [3.63, 3.8) is 0 Å². The predicted octanol–water partition coefficient (Wildman–Crippen LogP) is 3.24. The highest BCUT2D eigenvalue weighted by Crippen LogP contribution is 2.23. The molecule has 1 aromatic heterocycles. The highest BCUT2D eigenvalue weighted by atomic mass is 35.5. The first-order chi connectivity index (χ1) is 12.1. The van der Waals surface area contributed by atoms with E-state index in [1.165, 1.54) is 24.4 Å². The van der Waals surface area contributed by atoms with Crippen LogP contribution in [-0.4, -0.2) is 38.1 Å². The van der Waals surface area contributed by atoms with Crippen molar-refractivity contribution in [2.45, 2.75) is 4.90 Å². The summed E-state index contributed by atoms with van der Waals surface area (Å²) in [4.78, 5) is 27.7. The van der Waals surface area contributed by atoms with Crippen LogP contribution in [0, 0.1) is 0 Å². The molecule has 0 aliphatic carbocycles. The van der Waals surface area contributed by atoms with Gasteiger partial charge >= 0.3 is 5.97 Å². The molecule has 0 spiro atoms.